The van der Waals surface area contributed by atoms with Crippen LogP contribution >= 0.6 is 0 Å². The zero-order valence-corrected chi connectivity index (χ0v) is 21.1. The summed E-state index contributed by atoms with van der Waals surface area (Å²) in [7, 11) is 0. The van der Waals surface area contributed by atoms with Gasteiger partial charge in [-0.15, -0.1) is 0 Å². The molecule has 0 saturated carbocycles. The van der Waals surface area contributed by atoms with Crippen molar-refractivity contribution >= 4 is 17.6 Å². The lowest BCUT2D eigenvalue weighted by molar-refractivity contribution is -0.121. The number of rotatable bonds is 10. The van der Waals surface area contributed by atoms with E-state index in [9.17, 15) is 10.1 Å². The van der Waals surface area contributed by atoms with Crippen LogP contribution in [-0.2, 0) is 11.2 Å². The van der Waals surface area contributed by atoms with Crippen molar-refractivity contribution < 1.29 is 4.79 Å². The van der Waals surface area contributed by atoms with Crippen molar-refractivity contribution in [1.82, 2.24) is 15.5 Å². The van der Waals surface area contributed by atoms with E-state index in [-0.39, 0.29) is 18.4 Å². The minimum Gasteiger partial charge on any atom is -0.355 e. The topological polar surface area (TPSA) is 92.5 Å². The molecule has 0 unspecified atom stereocenters. The Morgan fingerprint density at radius 1 is 0.919 bits per heavy atom. The molecule has 0 radical (unpaired) electrons. The van der Waals surface area contributed by atoms with Gasteiger partial charge in [-0.25, -0.2) is 4.99 Å². The summed E-state index contributed by atoms with van der Waals surface area (Å²) in [4.78, 5) is 19.9. The Hall–Kier alpha value is -4.15. The molecule has 3 aromatic rings. The summed E-state index contributed by atoms with van der Waals surface area (Å²) in [6.07, 6.45) is 5.26. The van der Waals surface area contributed by atoms with Gasteiger partial charge in [0.05, 0.1) is 6.04 Å². The summed E-state index contributed by atoms with van der Waals surface area (Å²) >= 11 is 0. The summed E-state index contributed by atoms with van der Waals surface area (Å²) in [5.74, 6) is 0.285. The number of nitriles is 1. The van der Waals surface area contributed by atoms with Crippen LogP contribution in [-0.4, -0.2) is 49.0 Å². The molecule has 37 heavy (non-hydrogen) atoms. The molecule has 0 aliphatic carbocycles. The second-order valence-corrected chi connectivity index (χ2v) is 9.23. The van der Waals surface area contributed by atoms with Gasteiger partial charge < -0.3 is 15.5 Å². The van der Waals surface area contributed by atoms with Crippen molar-refractivity contribution in [3.8, 4) is 17.3 Å². The number of amides is 1. The van der Waals surface area contributed by atoms with E-state index >= 15 is 0 Å². The molecule has 0 aromatic heterocycles. The number of nitrogens with one attached hydrogen (secondary N) is 3. The number of likely N-dealkylation sites (tertiary alicyclic amines) is 1. The van der Waals surface area contributed by atoms with E-state index in [0.29, 0.717) is 18.9 Å². The van der Waals surface area contributed by atoms with E-state index in [2.05, 4.69) is 33.0 Å². The fraction of sp³-hybridized carbons (Fsp3) is 0.300. The summed E-state index contributed by atoms with van der Waals surface area (Å²) < 4.78 is 0. The third-order valence-corrected chi connectivity index (χ3v) is 6.42. The fourth-order valence-corrected chi connectivity index (χ4v) is 4.54. The maximum atomic E-state index is 12.8. The van der Waals surface area contributed by atoms with Gasteiger partial charge in [0, 0.05) is 25.2 Å². The first kappa shape index (κ1) is 25.9. The number of benzene rings is 3. The average molecular weight is 495 g/mol. The molecule has 4 rings (SSSR count). The molecule has 0 spiro atoms. The van der Waals surface area contributed by atoms with E-state index in [1.54, 1.807) is 0 Å². The molecule has 1 saturated heterocycles. The predicted molar refractivity (Wildman–Crippen MR) is 149 cm³/mol. The first-order chi connectivity index (χ1) is 18.2. The number of anilines is 1. The number of nitrogens with zero attached hydrogens (tertiary/aromatic N) is 3. The molecule has 190 valence electrons. The lowest BCUT2D eigenvalue weighted by atomic mass is 10.0. The van der Waals surface area contributed by atoms with Gasteiger partial charge in [-0.05, 0) is 61.2 Å². The van der Waals surface area contributed by atoms with E-state index in [4.69, 9.17) is 4.99 Å². The van der Waals surface area contributed by atoms with Crippen molar-refractivity contribution in [3.63, 3.8) is 0 Å². The van der Waals surface area contributed by atoms with Crippen LogP contribution < -0.4 is 16.0 Å². The lowest BCUT2D eigenvalue weighted by Crippen LogP contribution is -2.36. The monoisotopic (exact) mass is 494 g/mol. The zero-order valence-electron chi connectivity index (χ0n) is 21.1. The van der Waals surface area contributed by atoms with Gasteiger partial charge >= 0.3 is 0 Å². The van der Waals surface area contributed by atoms with Gasteiger partial charge in [0.2, 0.25) is 11.9 Å². The van der Waals surface area contributed by atoms with E-state index < -0.39 is 0 Å². The second-order valence-electron chi connectivity index (χ2n) is 9.23. The standard InChI is InChI=1S/C30H34N6O/c31-23-33-30(34-27-15-13-26(14-16-27)25-11-5-2-6-12-25)35-28(21-24-9-3-1-4-10-24)22-29(37)32-17-20-36-18-7-8-19-36/h1-6,9-16,28H,7-8,17-22H2,(H,32,37)(H2,33,34,35)/t28-/m0/s1. The number of hydrogen-bond donors (Lipinski definition) is 3. The molecule has 1 heterocycles. The molecule has 1 aliphatic heterocycles. The van der Waals surface area contributed by atoms with Crippen LogP contribution in [0.25, 0.3) is 11.1 Å². The van der Waals surface area contributed by atoms with E-state index in [1.807, 2.05) is 79.0 Å². The van der Waals surface area contributed by atoms with Crippen LogP contribution in [0.4, 0.5) is 5.69 Å². The van der Waals surface area contributed by atoms with Crippen molar-refractivity contribution in [2.45, 2.75) is 31.7 Å². The Morgan fingerprint density at radius 3 is 2.24 bits per heavy atom. The van der Waals surface area contributed by atoms with Crippen molar-refractivity contribution in [2.24, 2.45) is 4.99 Å². The molecule has 1 amide bonds. The summed E-state index contributed by atoms with van der Waals surface area (Å²) in [5, 5.41) is 18.3. The van der Waals surface area contributed by atoms with Crippen molar-refractivity contribution in [1.29, 1.82) is 5.26 Å². The highest BCUT2D eigenvalue weighted by Gasteiger charge is 2.17. The normalized spacial score (nSPS) is 14.5. The third-order valence-electron chi connectivity index (χ3n) is 6.42. The van der Waals surface area contributed by atoms with Crippen LogP contribution in [0.5, 0.6) is 0 Å². The third kappa shape index (κ3) is 8.48. The Labute approximate surface area is 219 Å². The molecule has 3 N–H and O–H groups in total. The zero-order chi connectivity index (χ0) is 25.7. The number of hydrogen-bond acceptors (Lipinski definition) is 4. The SMILES string of the molecule is N#CNC(=N[C@H](CC(=O)NCCN1CCCC1)Cc1ccccc1)Nc1ccc(-c2ccccc2)cc1. The highest BCUT2D eigenvalue weighted by molar-refractivity contribution is 5.95. The van der Waals surface area contributed by atoms with Crippen LogP contribution in [0.2, 0.25) is 0 Å². The first-order valence-corrected chi connectivity index (χ1v) is 12.9. The highest BCUT2D eigenvalue weighted by atomic mass is 16.1. The van der Waals surface area contributed by atoms with Gasteiger partial charge in [-0.1, -0.05) is 72.8 Å². The number of guanidine groups is 1. The second kappa shape index (κ2) is 13.8. The first-order valence-electron chi connectivity index (χ1n) is 12.9. The van der Waals surface area contributed by atoms with Gasteiger partial charge in [0.1, 0.15) is 0 Å². The van der Waals surface area contributed by atoms with Crippen LogP contribution in [0.1, 0.15) is 24.8 Å². The quantitative estimate of drug-likeness (QED) is 0.168. The van der Waals surface area contributed by atoms with E-state index in [1.165, 1.54) is 12.8 Å². The summed E-state index contributed by atoms with van der Waals surface area (Å²) in [6.45, 7) is 3.73. The van der Waals surface area contributed by atoms with Crippen LogP contribution in [0.15, 0.2) is 89.9 Å². The van der Waals surface area contributed by atoms with Crippen LogP contribution in [0.3, 0.4) is 0 Å². The minimum atomic E-state index is -0.332. The van der Waals surface area contributed by atoms with Crippen molar-refractivity contribution in [2.75, 3.05) is 31.5 Å². The molecule has 1 atom stereocenters. The Bertz CT molecular complexity index is 1180. The molecule has 7 heteroatoms. The Kier molecular flexibility index (Phi) is 9.68. The molecule has 7 nitrogen and oxygen atoms in total. The average Bonchev–Trinajstić information content (AvgIpc) is 3.44. The van der Waals surface area contributed by atoms with Gasteiger partial charge in [-0.3, -0.25) is 10.1 Å². The molecule has 3 aromatic carbocycles. The smallest absolute Gasteiger partial charge is 0.222 e. The van der Waals surface area contributed by atoms with Crippen molar-refractivity contribution in [3.05, 3.63) is 90.5 Å². The van der Waals surface area contributed by atoms with Crippen LogP contribution in [0, 0.1) is 11.5 Å². The summed E-state index contributed by atoms with van der Waals surface area (Å²) in [5.41, 5.74) is 4.13. The van der Waals surface area contributed by atoms with E-state index in [0.717, 1.165) is 42.0 Å². The maximum absolute atomic E-state index is 12.8. The molecule has 1 aliphatic rings. The largest absolute Gasteiger partial charge is 0.355 e. The minimum absolute atomic E-state index is 0.0348. The Balaban J connectivity index is 1.43. The van der Waals surface area contributed by atoms with Gasteiger partial charge in [0.25, 0.3) is 0 Å². The lowest BCUT2D eigenvalue weighted by Gasteiger charge is -2.17. The predicted octanol–water partition coefficient (Wildman–Crippen LogP) is 4.41. The molecular formula is C30H34N6O. The molecule has 1 fully saturated rings. The number of aliphatic imine (C=N–C) groups is 1. The highest BCUT2D eigenvalue weighted by Crippen LogP contribution is 2.21. The maximum Gasteiger partial charge on any atom is 0.222 e. The van der Waals surface area contributed by atoms with Gasteiger partial charge in [-0.2, -0.15) is 5.26 Å². The number of carbonyl (C=O) groups is 1. The van der Waals surface area contributed by atoms with Gasteiger partial charge in [0.15, 0.2) is 6.19 Å². The summed E-state index contributed by atoms with van der Waals surface area (Å²) in [6, 6.07) is 27.8. The molecular weight excluding hydrogens is 460 g/mol. The Morgan fingerprint density at radius 2 is 1.57 bits per heavy atom. The fourth-order valence-electron chi connectivity index (χ4n) is 4.54. The number of carbonyl (C=O) groups excluding carboxylic acids is 1. The molecule has 0 bridgehead atoms.